The second-order valence-corrected chi connectivity index (χ2v) is 5.56. The molecule has 0 unspecified atom stereocenters. The summed E-state index contributed by atoms with van der Waals surface area (Å²) in [6.07, 6.45) is 1.60. The molecular weight excluding hydrogens is 309 g/mol. The van der Waals surface area contributed by atoms with Crippen LogP contribution in [0.2, 0.25) is 0 Å². The molecule has 0 saturated heterocycles. The number of amides is 1. The minimum atomic E-state index is -0.365. The smallest absolute Gasteiger partial charge is 0.265 e. The topological polar surface area (TPSA) is 38.8 Å². The SMILES string of the molecule is CCOc1ccccc1OCC(=O)N1CCCc2cccc(F)c21. The van der Waals surface area contributed by atoms with Gasteiger partial charge in [-0.05, 0) is 43.5 Å². The summed E-state index contributed by atoms with van der Waals surface area (Å²) in [6.45, 7) is 2.75. The van der Waals surface area contributed by atoms with E-state index in [2.05, 4.69) is 0 Å². The average Bonchev–Trinajstić information content (AvgIpc) is 2.61. The van der Waals surface area contributed by atoms with E-state index in [0.29, 0.717) is 30.3 Å². The molecule has 0 radical (unpaired) electrons. The van der Waals surface area contributed by atoms with Crippen LogP contribution in [0, 0.1) is 5.82 Å². The summed E-state index contributed by atoms with van der Waals surface area (Å²) in [7, 11) is 0. The second kappa shape index (κ2) is 7.34. The van der Waals surface area contributed by atoms with E-state index in [1.165, 1.54) is 11.0 Å². The van der Waals surface area contributed by atoms with Gasteiger partial charge in [-0.15, -0.1) is 0 Å². The van der Waals surface area contributed by atoms with E-state index in [0.717, 1.165) is 18.4 Å². The molecule has 1 aliphatic heterocycles. The molecular formula is C19H20FNO3. The number of benzene rings is 2. The molecule has 2 aromatic rings. The highest BCUT2D eigenvalue weighted by molar-refractivity contribution is 5.95. The van der Waals surface area contributed by atoms with E-state index in [-0.39, 0.29) is 18.3 Å². The zero-order valence-electron chi connectivity index (χ0n) is 13.6. The molecule has 0 fully saturated rings. The van der Waals surface area contributed by atoms with Crippen LogP contribution >= 0.6 is 0 Å². The Morgan fingerprint density at radius 1 is 1.12 bits per heavy atom. The molecule has 0 aromatic heterocycles. The third-order valence-corrected chi connectivity index (χ3v) is 3.97. The number of nitrogens with zero attached hydrogens (tertiary/aromatic N) is 1. The summed E-state index contributed by atoms with van der Waals surface area (Å²) in [5, 5.41) is 0. The van der Waals surface area contributed by atoms with E-state index in [9.17, 15) is 9.18 Å². The number of carbonyl (C=O) groups is 1. The number of para-hydroxylation sites is 3. The monoisotopic (exact) mass is 329 g/mol. The highest BCUT2D eigenvalue weighted by Gasteiger charge is 2.25. The van der Waals surface area contributed by atoms with Gasteiger partial charge in [0.25, 0.3) is 5.91 Å². The number of hydrogen-bond acceptors (Lipinski definition) is 3. The van der Waals surface area contributed by atoms with Gasteiger partial charge in [0.2, 0.25) is 0 Å². The van der Waals surface area contributed by atoms with E-state index in [1.54, 1.807) is 18.2 Å². The quantitative estimate of drug-likeness (QED) is 0.841. The molecule has 0 N–H and O–H groups in total. The van der Waals surface area contributed by atoms with E-state index >= 15 is 0 Å². The van der Waals surface area contributed by atoms with Gasteiger partial charge in [0, 0.05) is 6.54 Å². The molecule has 1 amide bonds. The van der Waals surface area contributed by atoms with Crippen LogP contribution in [-0.2, 0) is 11.2 Å². The van der Waals surface area contributed by atoms with Gasteiger partial charge in [-0.25, -0.2) is 4.39 Å². The fraction of sp³-hybridized carbons (Fsp3) is 0.316. The Kier molecular flexibility index (Phi) is 4.99. The Bertz CT molecular complexity index is 732. The summed E-state index contributed by atoms with van der Waals surface area (Å²) >= 11 is 0. The van der Waals surface area contributed by atoms with Gasteiger partial charge in [-0.3, -0.25) is 4.79 Å². The summed E-state index contributed by atoms with van der Waals surface area (Å²) in [4.78, 5) is 14.0. The normalized spacial score (nSPS) is 13.3. The van der Waals surface area contributed by atoms with Gasteiger partial charge in [0.05, 0.1) is 12.3 Å². The standard InChI is InChI=1S/C19H20FNO3/c1-2-23-16-10-3-4-11-17(16)24-13-18(22)21-12-6-8-14-7-5-9-15(20)19(14)21/h3-5,7,9-11H,2,6,8,12-13H2,1H3. The summed E-state index contributed by atoms with van der Waals surface area (Å²) in [5.41, 5.74) is 1.25. The molecule has 126 valence electrons. The Balaban J connectivity index is 1.73. The van der Waals surface area contributed by atoms with Crippen molar-refractivity contribution in [1.82, 2.24) is 0 Å². The number of ether oxygens (including phenoxy) is 2. The molecule has 1 aliphatic rings. The van der Waals surface area contributed by atoms with Crippen molar-refractivity contribution in [3.05, 3.63) is 53.8 Å². The fourth-order valence-corrected chi connectivity index (χ4v) is 2.91. The number of rotatable bonds is 5. The van der Waals surface area contributed by atoms with Crippen LogP contribution in [0.1, 0.15) is 18.9 Å². The van der Waals surface area contributed by atoms with Gasteiger partial charge < -0.3 is 14.4 Å². The molecule has 0 aliphatic carbocycles. The van der Waals surface area contributed by atoms with Crippen molar-refractivity contribution >= 4 is 11.6 Å². The van der Waals surface area contributed by atoms with Gasteiger partial charge in [-0.1, -0.05) is 24.3 Å². The zero-order valence-corrected chi connectivity index (χ0v) is 13.6. The maximum Gasteiger partial charge on any atom is 0.265 e. The predicted octanol–water partition coefficient (Wildman–Crippen LogP) is 3.58. The lowest BCUT2D eigenvalue weighted by atomic mass is 10.0. The minimum absolute atomic E-state index is 0.155. The van der Waals surface area contributed by atoms with Crippen LogP contribution in [0.25, 0.3) is 0 Å². The third-order valence-electron chi connectivity index (χ3n) is 3.97. The van der Waals surface area contributed by atoms with Crippen LogP contribution in [-0.4, -0.2) is 25.7 Å². The average molecular weight is 329 g/mol. The Morgan fingerprint density at radius 2 is 1.88 bits per heavy atom. The third kappa shape index (κ3) is 3.35. The lowest BCUT2D eigenvalue weighted by Crippen LogP contribution is -2.39. The fourth-order valence-electron chi connectivity index (χ4n) is 2.91. The molecule has 0 spiro atoms. The molecule has 1 heterocycles. The van der Waals surface area contributed by atoms with Gasteiger partial charge in [-0.2, -0.15) is 0 Å². The first-order valence-corrected chi connectivity index (χ1v) is 8.13. The lowest BCUT2D eigenvalue weighted by Gasteiger charge is -2.29. The summed E-state index contributed by atoms with van der Waals surface area (Å²) < 4.78 is 25.3. The largest absolute Gasteiger partial charge is 0.490 e. The number of carbonyl (C=O) groups excluding carboxylic acids is 1. The molecule has 0 atom stereocenters. The lowest BCUT2D eigenvalue weighted by molar-refractivity contribution is -0.120. The van der Waals surface area contributed by atoms with Crippen LogP contribution in [0.3, 0.4) is 0 Å². The van der Waals surface area contributed by atoms with Gasteiger partial charge in [0.1, 0.15) is 5.82 Å². The van der Waals surface area contributed by atoms with Crippen molar-refractivity contribution < 1.29 is 18.7 Å². The van der Waals surface area contributed by atoms with E-state index < -0.39 is 0 Å². The number of fused-ring (bicyclic) bond motifs is 1. The first-order valence-electron chi connectivity index (χ1n) is 8.13. The first kappa shape index (κ1) is 16.3. The molecule has 24 heavy (non-hydrogen) atoms. The predicted molar refractivity (Wildman–Crippen MR) is 90.2 cm³/mol. The minimum Gasteiger partial charge on any atom is -0.490 e. The molecule has 5 heteroatoms. The van der Waals surface area contributed by atoms with Crippen molar-refractivity contribution in [2.24, 2.45) is 0 Å². The highest BCUT2D eigenvalue weighted by Crippen LogP contribution is 2.31. The summed E-state index contributed by atoms with van der Waals surface area (Å²) in [5.74, 6) is 0.485. The molecule has 4 nitrogen and oxygen atoms in total. The maximum absolute atomic E-state index is 14.2. The van der Waals surface area contributed by atoms with Crippen LogP contribution < -0.4 is 14.4 Å². The van der Waals surface area contributed by atoms with Crippen LogP contribution in [0.15, 0.2) is 42.5 Å². The van der Waals surface area contributed by atoms with Crippen molar-refractivity contribution in [2.75, 3.05) is 24.7 Å². The zero-order chi connectivity index (χ0) is 16.9. The van der Waals surface area contributed by atoms with E-state index in [1.807, 2.05) is 25.1 Å². The van der Waals surface area contributed by atoms with Crippen molar-refractivity contribution in [3.63, 3.8) is 0 Å². The van der Waals surface area contributed by atoms with Crippen molar-refractivity contribution in [2.45, 2.75) is 19.8 Å². The van der Waals surface area contributed by atoms with Crippen molar-refractivity contribution in [3.8, 4) is 11.5 Å². The van der Waals surface area contributed by atoms with Gasteiger partial charge in [0.15, 0.2) is 18.1 Å². The van der Waals surface area contributed by atoms with E-state index in [4.69, 9.17) is 9.47 Å². The molecule has 0 saturated carbocycles. The van der Waals surface area contributed by atoms with Gasteiger partial charge >= 0.3 is 0 Å². The van der Waals surface area contributed by atoms with Crippen LogP contribution in [0.4, 0.5) is 10.1 Å². The number of aryl methyl sites for hydroxylation is 1. The number of hydrogen-bond donors (Lipinski definition) is 0. The molecule has 2 aromatic carbocycles. The molecule has 3 rings (SSSR count). The first-order chi connectivity index (χ1) is 11.7. The second-order valence-electron chi connectivity index (χ2n) is 5.56. The Labute approximate surface area is 140 Å². The summed E-state index contributed by atoms with van der Waals surface area (Å²) in [6, 6.07) is 12.1. The maximum atomic E-state index is 14.2. The number of anilines is 1. The van der Waals surface area contributed by atoms with Crippen LogP contribution in [0.5, 0.6) is 11.5 Å². The Morgan fingerprint density at radius 3 is 2.62 bits per heavy atom. The number of halogens is 1. The van der Waals surface area contributed by atoms with Crippen molar-refractivity contribution in [1.29, 1.82) is 0 Å². The molecule has 0 bridgehead atoms. The Hall–Kier alpha value is -2.56. The highest BCUT2D eigenvalue weighted by atomic mass is 19.1.